The average molecular weight is 455 g/mol. The number of anilines is 1. The molecule has 0 fully saturated rings. The van der Waals surface area contributed by atoms with Crippen molar-refractivity contribution < 1.29 is 9.47 Å². The molecule has 0 aliphatic rings. The van der Waals surface area contributed by atoms with Gasteiger partial charge >= 0.3 is 0 Å². The number of aliphatic imine (C=N–C) groups is 1. The number of rotatable bonds is 8. The minimum Gasteiger partial charge on any atom is -0.493 e. The molecule has 136 valence electrons. The number of halogens is 1. The fourth-order valence-electron chi connectivity index (χ4n) is 2.27. The van der Waals surface area contributed by atoms with Gasteiger partial charge in [0.25, 0.3) is 0 Å². The number of aryl methyl sites for hydroxylation is 1. The lowest BCUT2D eigenvalue weighted by atomic mass is 10.2. The van der Waals surface area contributed by atoms with Crippen LogP contribution in [0.3, 0.4) is 0 Å². The lowest BCUT2D eigenvalue weighted by Crippen LogP contribution is -2.23. The van der Waals surface area contributed by atoms with Gasteiger partial charge < -0.3 is 20.5 Å². The van der Waals surface area contributed by atoms with Crippen LogP contribution in [0.15, 0.2) is 53.5 Å². The van der Waals surface area contributed by atoms with Gasteiger partial charge in [0.2, 0.25) is 0 Å². The van der Waals surface area contributed by atoms with Gasteiger partial charge in [-0.2, -0.15) is 0 Å². The van der Waals surface area contributed by atoms with Crippen molar-refractivity contribution in [3.8, 4) is 5.75 Å². The quantitative estimate of drug-likeness (QED) is 0.274. The van der Waals surface area contributed by atoms with Crippen LogP contribution < -0.4 is 15.8 Å². The van der Waals surface area contributed by atoms with Crippen LogP contribution in [0.2, 0.25) is 0 Å². The van der Waals surface area contributed by atoms with Crippen molar-refractivity contribution in [1.29, 1.82) is 0 Å². The third-order valence-corrected chi connectivity index (χ3v) is 3.52. The number of hydrogen-bond acceptors (Lipinski definition) is 3. The summed E-state index contributed by atoms with van der Waals surface area (Å²) in [5.41, 5.74) is 9.04. The van der Waals surface area contributed by atoms with E-state index >= 15 is 0 Å². The molecule has 2 aromatic carbocycles. The Balaban J connectivity index is 0.00000312. The Morgan fingerprint density at radius 1 is 1.12 bits per heavy atom. The lowest BCUT2D eigenvalue weighted by Gasteiger charge is -2.11. The highest BCUT2D eigenvalue weighted by Crippen LogP contribution is 2.16. The molecule has 0 unspecified atom stereocenters. The van der Waals surface area contributed by atoms with Gasteiger partial charge in [-0.15, -0.1) is 24.0 Å². The summed E-state index contributed by atoms with van der Waals surface area (Å²) in [6, 6.07) is 15.8. The summed E-state index contributed by atoms with van der Waals surface area (Å²) in [5, 5.41) is 3.12. The van der Waals surface area contributed by atoms with Gasteiger partial charge in [0.15, 0.2) is 5.96 Å². The Morgan fingerprint density at radius 3 is 2.60 bits per heavy atom. The van der Waals surface area contributed by atoms with Crippen LogP contribution in [0.4, 0.5) is 5.69 Å². The molecule has 3 N–H and O–H groups in total. The molecule has 0 aliphatic heterocycles. The zero-order valence-electron chi connectivity index (χ0n) is 14.7. The van der Waals surface area contributed by atoms with Crippen LogP contribution in [0, 0.1) is 6.92 Å². The second-order valence-corrected chi connectivity index (χ2v) is 5.45. The number of guanidine groups is 1. The maximum absolute atomic E-state index is 5.95. The van der Waals surface area contributed by atoms with Crippen molar-refractivity contribution >= 4 is 35.6 Å². The van der Waals surface area contributed by atoms with Crippen molar-refractivity contribution in [3.05, 3.63) is 59.7 Å². The van der Waals surface area contributed by atoms with Gasteiger partial charge in [-0.1, -0.05) is 36.4 Å². The molecule has 0 radical (unpaired) electrons. The minimum atomic E-state index is 0. The second-order valence-electron chi connectivity index (χ2n) is 5.45. The smallest absolute Gasteiger partial charge is 0.193 e. The zero-order chi connectivity index (χ0) is 17.2. The van der Waals surface area contributed by atoms with Crippen LogP contribution >= 0.6 is 24.0 Å². The molecule has 0 heterocycles. The summed E-state index contributed by atoms with van der Waals surface area (Å²) in [4.78, 5) is 4.34. The topological polar surface area (TPSA) is 68.9 Å². The van der Waals surface area contributed by atoms with Crippen molar-refractivity contribution in [3.63, 3.8) is 0 Å². The zero-order valence-corrected chi connectivity index (χ0v) is 17.0. The Bertz CT molecular complexity index is 677. The van der Waals surface area contributed by atoms with E-state index in [9.17, 15) is 0 Å². The van der Waals surface area contributed by atoms with Crippen LogP contribution in [0.25, 0.3) is 0 Å². The summed E-state index contributed by atoms with van der Waals surface area (Å²) in [7, 11) is 1.67. The van der Waals surface area contributed by atoms with E-state index in [0.717, 1.165) is 29.0 Å². The highest BCUT2D eigenvalue weighted by molar-refractivity contribution is 14.0. The van der Waals surface area contributed by atoms with Crippen LogP contribution in [0.1, 0.15) is 17.5 Å². The first-order chi connectivity index (χ1) is 11.7. The average Bonchev–Trinajstić information content (AvgIpc) is 2.58. The van der Waals surface area contributed by atoms with Gasteiger partial charge in [-0.3, -0.25) is 4.99 Å². The molecular formula is C19H26IN3O2. The molecule has 0 aromatic heterocycles. The SMILES string of the molecule is COCc1ccccc1NC(N)=NCCCOc1ccccc1C.I. The molecule has 0 amide bonds. The minimum absolute atomic E-state index is 0. The highest BCUT2D eigenvalue weighted by atomic mass is 127. The van der Waals surface area contributed by atoms with Crippen LogP contribution in [-0.2, 0) is 11.3 Å². The number of para-hydroxylation sites is 2. The van der Waals surface area contributed by atoms with Gasteiger partial charge in [-0.05, 0) is 24.6 Å². The lowest BCUT2D eigenvalue weighted by molar-refractivity contribution is 0.185. The summed E-state index contributed by atoms with van der Waals surface area (Å²) < 4.78 is 10.9. The van der Waals surface area contributed by atoms with E-state index in [4.69, 9.17) is 15.2 Å². The summed E-state index contributed by atoms with van der Waals surface area (Å²) in [5.74, 6) is 1.32. The number of nitrogens with two attached hydrogens (primary N) is 1. The summed E-state index contributed by atoms with van der Waals surface area (Å²) in [6.07, 6.45) is 0.802. The molecule has 0 atom stereocenters. The van der Waals surface area contributed by atoms with Crippen LogP contribution in [-0.4, -0.2) is 26.2 Å². The molecule has 6 heteroatoms. The third kappa shape index (κ3) is 7.31. The molecule has 0 aliphatic carbocycles. The van der Waals surface area contributed by atoms with E-state index in [-0.39, 0.29) is 24.0 Å². The van der Waals surface area contributed by atoms with E-state index < -0.39 is 0 Å². The van der Waals surface area contributed by atoms with Crippen molar-refractivity contribution in [2.45, 2.75) is 20.0 Å². The van der Waals surface area contributed by atoms with Crippen molar-refractivity contribution in [1.82, 2.24) is 0 Å². The molecule has 0 spiro atoms. The predicted molar refractivity (Wildman–Crippen MR) is 114 cm³/mol. The van der Waals surface area contributed by atoms with Crippen molar-refractivity contribution in [2.75, 3.05) is 25.6 Å². The van der Waals surface area contributed by atoms with Crippen molar-refractivity contribution in [2.24, 2.45) is 10.7 Å². The normalized spacial score (nSPS) is 10.9. The number of hydrogen-bond donors (Lipinski definition) is 2. The Kier molecular flexibility index (Phi) is 9.94. The van der Waals surface area contributed by atoms with Gasteiger partial charge in [0.1, 0.15) is 5.75 Å². The molecular weight excluding hydrogens is 429 g/mol. The first-order valence-electron chi connectivity index (χ1n) is 8.03. The van der Waals surface area contributed by atoms with E-state index in [2.05, 4.69) is 10.3 Å². The summed E-state index contributed by atoms with van der Waals surface area (Å²) in [6.45, 7) is 3.78. The monoisotopic (exact) mass is 455 g/mol. The molecule has 2 aromatic rings. The summed E-state index contributed by atoms with van der Waals surface area (Å²) >= 11 is 0. The fourth-order valence-corrected chi connectivity index (χ4v) is 2.27. The third-order valence-electron chi connectivity index (χ3n) is 3.52. The number of ether oxygens (including phenoxy) is 2. The number of nitrogens with zero attached hydrogens (tertiary/aromatic N) is 1. The number of methoxy groups -OCH3 is 1. The molecule has 25 heavy (non-hydrogen) atoms. The number of benzene rings is 2. The molecule has 0 saturated carbocycles. The Labute approximate surface area is 166 Å². The molecule has 0 saturated heterocycles. The first-order valence-corrected chi connectivity index (χ1v) is 8.03. The standard InChI is InChI=1S/C19H25N3O2.HI/c1-15-8-3-6-11-18(15)24-13-7-12-21-19(20)22-17-10-5-4-9-16(17)14-23-2;/h3-6,8-11H,7,12-14H2,1-2H3,(H3,20,21,22);1H. The first kappa shape index (κ1) is 21.2. The van der Waals surface area contributed by atoms with Crippen LogP contribution in [0.5, 0.6) is 5.75 Å². The molecule has 2 rings (SSSR count). The second kappa shape index (κ2) is 11.7. The molecule has 5 nitrogen and oxygen atoms in total. The van der Waals surface area contributed by atoms with E-state index in [1.54, 1.807) is 7.11 Å². The van der Waals surface area contributed by atoms with E-state index in [1.165, 1.54) is 0 Å². The maximum atomic E-state index is 5.95. The van der Waals surface area contributed by atoms with Gasteiger partial charge in [0, 0.05) is 31.3 Å². The Morgan fingerprint density at radius 2 is 1.84 bits per heavy atom. The number of nitrogens with one attached hydrogen (secondary N) is 1. The fraction of sp³-hybridized carbons (Fsp3) is 0.316. The van der Waals surface area contributed by atoms with E-state index in [1.807, 2.05) is 55.5 Å². The molecule has 0 bridgehead atoms. The Hall–Kier alpha value is -1.80. The predicted octanol–water partition coefficient (Wildman–Crippen LogP) is 3.96. The highest BCUT2D eigenvalue weighted by Gasteiger charge is 2.02. The van der Waals surface area contributed by atoms with E-state index in [0.29, 0.717) is 25.7 Å². The van der Waals surface area contributed by atoms with Gasteiger partial charge in [-0.25, -0.2) is 0 Å². The maximum Gasteiger partial charge on any atom is 0.193 e. The largest absolute Gasteiger partial charge is 0.493 e. The van der Waals surface area contributed by atoms with Gasteiger partial charge in [0.05, 0.1) is 13.2 Å².